The molecule has 1 aliphatic rings. The number of hydrogen-bond acceptors (Lipinski definition) is 0. The molecular weight excluding hydrogens is 348 g/mol. The van der Waals surface area contributed by atoms with Gasteiger partial charge in [-0.15, -0.1) is 0 Å². The molecule has 0 N–H and O–H groups in total. The maximum Gasteiger partial charge on any atom is -0.00960 e. The molecule has 29 heavy (non-hydrogen) atoms. The number of fused-ring (bicyclic) bond motifs is 6. The van der Waals surface area contributed by atoms with Crippen LogP contribution in [0.15, 0.2) is 84.9 Å². The maximum atomic E-state index is 2.43. The summed E-state index contributed by atoms with van der Waals surface area (Å²) >= 11 is 0. The minimum absolute atomic E-state index is 1.19. The monoisotopic (exact) mass is 368 g/mol. The van der Waals surface area contributed by atoms with Gasteiger partial charge >= 0.3 is 0 Å². The molecule has 136 valence electrons. The summed E-state index contributed by atoms with van der Waals surface area (Å²) in [6.07, 6.45) is 3.66. The van der Waals surface area contributed by atoms with E-state index in [1.165, 1.54) is 78.7 Å². The van der Waals surface area contributed by atoms with Crippen LogP contribution in [0, 0.1) is 0 Å². The zero-order valence-electron chi connectivity index (χ0n) is 16.2. The molecule has 0 spiro atoms. The van der Waals surface area contributed by atoms with Gasteiger partial charge in [0.15, 0.2) is 0 Å². The van der Waals surface area contributed by atoms with Gasteiger partial charge in [-0.3, -0.25) is 0 Å². The Hall–Kier alpha value is -3.38. The second kappa shape index (κ2) is 5.58. The minimum Gasteiger partial charge on any atom is -0.0616 e. The van der Waals surface area contributed by atoms with Crippen molar-refractivity contribution < 1.29 is 0 Å². The van der Waals surface area contributed by atoms with Crippen LogP contribution in [-0.2, 0) is 12.8 Å². The highest BCUT2D eigenvalue weighted by molar-refractivity contribution is 6.18. The standard InChI is InChI=1S/C29H20/c1-2-6-20-14-24-17-27-21(15-23(24)13-19(20)5-1)11-12-25-26-10-4-8-18-7-3-9-22(29(18)26)16-28(25)27/h1-3,5-7,9,11-17H,4,8,10H2. The smallest absolute Gasteiger partial charge is 0.00960 e. The van der Waals surface area contributed by atoms with Gasteiger partial charge in [0.2, 0.25) is 0 Å². The largest absolute Gasteiger partial charge is 0.0616 e. The van der Waals surface area contributed by atoms with Crippen LogP contribution in [-0.4, -0.2) is 0 Å². The average molecular weight is 368 g/mol. The Morgan fingerprint density at radius 2 is 1.17 bits per heavy atom. The fourth-order valence-corrected chi connectivity index (χ4v) is 5.53. The molecule has 0 saturated carbocycles. The van der Waals surface area contributed by atoms with E-state index in [2.05, 4.69) is 84.9 Å². The van der Waals surface area contributed by atoms with Crippen molar-refractivity contribution in [3.05, 3.63) is 96.1 Å². The van der Waals surface area contributed by atoms with Gasteiger partial charge in [0.25, 0.3) is 0 Å². The molecule has 0 saturated heterocycles. The lowest BCUT2D eigenvalue weighted by atomic mass is 9.84. The molecule has 0 aromatic heterocycles. The Bertz CT molecular complexity index is 1620. The Morgan fingerprint density at radius 3 is 2.03 bits per heavy atom. The second-order valence-electron chi connectivity index (χ2n) is 8.50. The number of benzene rings is 6. The molecule has 0 atom stereocenters. The van der Waals surface area contributed by atoms with Gasteiger partial charge in [0.1, 0.15) is 0 Å². The Balaban J connectivity index is 1.65. The molecule has 1 aliphatic carbocycles. The van der Waals surface area contributed by atoms with Gasteiger partial charge in [-0.05, 0) is 115 Å². The third-order valence-electron chi connectivity index (χ3n) is 6.87. The topological polar surface area (TPSA) is 0 Å². The van der Waals surface area contributed by atoms with Gasteiger partial charge in [0, 0.05) is 0 Å². The molecule has 0 heterocycles. The van der Waals surface area contributed by atoms with E-state index in [-0.39, 0.29) is 0 Å². The van der Waals surface area contributed by atoms with Crippen molar-refractivity contribution in [2.24, 2.45) is 0 Å². The third kappa shape index (κ3) is 2.15. The lowest BCUT2D eigenvalue weighted by Crippen LogP contribution is -2.02. The fourth-order valence-electron chi connectivity index (χ4n) is 5.53. The van der Waals surface area contributed by atoms with Crippen molar-refractivity contribution in [2.75, 3.05) is 0 Å². The van der Waals surface area contributed by atoms with E-state index in [0.29, 0.717) is 0 Å². The molecule has 6 aromatic carbocycles. The van der Waals surface area contributed by atoms with Crippen molar-refractivity contribution in [3.63, 3.8) is 0 Å². The highest BCUT2D eigenvalue weighted by Crippen LogP contribution is 2.39. The number of rotatable bonds is 0. The summed E-state index contributed by atoms with van der Waals surface area (Å²) in [6, 6.07) is 32.0. The lowest BCUT2D eigenvalue weighted by Gasteiger charge is -2.20. The van der Waals surface area contributed by atoms with Crippen LogP contribution >= 0.6 is 0 Å². The first-order valence-corrected chi connectivity index (χ1v) is 10.6. The van der Waals surface area contributed by atoms with E-state index in [9.17, 15) is 0 Å². The number of hydrogen-bond donors (Lipinski definition) is 0. The van der Waals surface area contributed by atoms with Crippen LogP contribution in [0.3, 0.4) is 0 Å². The highest BCUT2D eigenvalue weighted by Gasteiger charge is 2.16. The van der Waals surface area contributed by atoms with E-state index in [1.54, 1.807) is 5.56 Å². The van der Waals surface area contributed by atoms with Gasteiger partial charge in [-0.1, -0.05) is 54.6 Å². The molecule has 0 nitrogen and oxygen atoms in total. The van der Waals surface area contributed by atoms with Gasteiger partial charge < -0.3 is 0 Å². The zero-order valence-corrected chi connectivity index (χ0v) is 16.2. The highest BCUT2D eigenvalue weighted by atomic mass is 14.2. The lowest BCUT2D eigenvalue weighted by molar-refractivity contribution is 0.813. The first kappa shape index (κ1) is 15.5. The second-order valence-corrected chi connectivity index (χ2v) is 8.50. The first-order valence-electron chi connectivity index (χ1n) is 10.6. The van der Waals surface area contributed by atoms with Crippen molar-refractivity contribution >= 4 is 53.9 Å². The van der Waals surface area contributed by atoms with Gasteiger partial charge in [-0.25, -0.2) is 0 Å². The van der Waals surface area contributed by atoms with Gasteiger partial charge in [0.05, 0.1) is 0 Å². The Labute approximate surface area is 169 Å². The van der Waals surface area contributed by atoms with E-state index >= 15 is 0 Å². The molecule has 0 amide bonds. The van der Waals surface area contributed by atoms with Crippen molar-refractivity contribution in [3.8, 4) is 0 Å². The third-order valence-corrected chi connectivity index (χ3v) is 6.87. The van der Waals surface area contributed by atoms with Crippen LogP contribution in [0.2, 0.25) is 0 Å². The summed E-state index contributed by atoms with van der Waals surface area (Å²) < 4.78 is 0. The maximum absolute atomic E-state index is 2.43. The van der Waals surface area contributed by atoms with Crippen LogP contribution in [0.1, 0.15) is 17.5 Å². The van der Waals surface area contributed by atoms with Crippen molar-refractivity contribution in [1.82, 2.24) is 0 Å². The SMILES string of the molecule is c1ccc2cc3cc4c(ccc5c6c7c(cccc7cc54)CCC6)cc3cc2c1. The minimum atomic E-state index is 1.19. The van der Waals surface area contributed by atoms with E-state index in [1.807, 2.05) is 0 Å². The molecule has 0 aliphatic heterocycles. The molecule has 0 heteroatoms. The summed E-state index contributed by atoms with van der Waals surface area (Å²) in [4.78, 5) is 0. The summed E-state index contributed by atoms with van der Waals surface area (Å²) in [5.41, 5.74) is 3.08. The summed E-state index contributed by atoms with van der Waals surface area (Å²) in [6.45, 7) is 0. The van der Waals surface area contributed by atoms with E-state index in [4.69, 9.17) is 0 Å². The molecular formula is C29H20. The summed E-state index contributed by atoms with van der Waals surface area (Å²) in [5, 5.41) is 13.7. The van der Waals surface area contributed by atoms with E-state index < -0.39 is 0 Å². The fraction of sp³-hybridized carbons (Fsp3) is 0.103. The van der Waals surface area contributed by atoms with Crippen molar-refractivity contribution in [1.29, 1.82) is 0 Å². The number of aryl methyl sites for hydroxylation is 2. The van der Waals surface area contributed by atoms with Crippen LogP contribution in [0.4, 0.5) is 0 Å². The summed E-state index contributed by atoms with van der Waals surface area (Å²) in [7, 11) is 0. The first-order chi connectivity index (χ1) is 14.3. The molecule has 0 radical (unpaired) electrons. The quantitative estimate of drug-likeness (QED) is 0.188. The summed E-state index contributed by atoms with van der Waals surface area (Å²) in [5.74, 6) is 0. The molecule has 6 aromatic rings. The predicted molar refractivity (Wildman–Crippen MR) is 126 cm³/mol. The van der Waals surface area contributed by atoms with E-state index in [0.717, 1.165) is 0 Å². The van der Waals surface area contributed by atoms with Gasteiger partial charge in [-0.2, -0.15) is 0 Å². The molecule has 0 fully saturated rings. The van der Waals surface area contributed by atoms with Crippen LogP contribution in [0.5, 0.6) is 0 Å². The van der Waals surface area contributed by atoms with Crippen LogP contribution in [0.25, 0.3) is 53.9 Å². The Morgan fingerprint density at radius 1 is 0.448 bits per heavy atom. The Kier molecular flexibility index (Phi) is 2.99. The average Bonchev–Trinajstić information content (AvgIpc) is 2.77. The normalized spacial score (nSPS) is 13.8. The molecule has 7 rings (SSSR count). The van der Waals surface area contributed by atoms with Crippen LogP contribution < -0.4 is 0 Å². The predicted octanol–water partition coefficient (Wildman–Crippen LogP) is 7.94. The zero-order chi connectivity index (χ0) is 18.9. The van der Waals surface area contributed by atoms with Crippen molar-refractivity contribution in [2.45, 2.75) is 19.3 Å². The molecule has 0 unspecified atom stereocenters. The molecule has 0 bridgehead atoms.